The molecule has 0 bridgehead atoms. The molecule has 0 fully saturated rings. The topological polar surface area (TPSA) is 94.8 Å². The van der Waals surface area contributed by atoms with Crippen molar-refractivity contribution in [3.8, 4) is 0 Å². The normalized spacial score (nSPS) is 10.6. The number of rotatable bonds is 4. The fourth-order valence-corrected chi connectivity index (χ4v) is 1.97. The molecule has 3 N–H and O–H groups in total. The molecule has 0 aromatic carbocycles. The zero-order valence-electron chi connectivity index (χ0n) is 10.4. The number of anilines is 1. The first kappa shape index (κ1) is 12.5. The second-order valence-corrected chi connectivity index (χ2v) is 4.33. The van der Waals surface area contributed by atoms with E-state index in [0.29, 0.717) is 23.2 Å². The van der Waals surface area contributed by atoms with Gasteiger partial charge in [-0.15, -0.1) is 0 Å². The van der Waals surface area contributed by atoms with E-state index < -0.39 is 0 Å². The van der Waals surface area contributed by atoms with Crippen molar-refractivity contribution in [2.24, 2.45) is 12.8 Å². The summed E-state index contributed by atoms with van der Waals surface area (Å²) in [6.07, 6.45) is 0. The highest BCUT2D eigenvalue weighted by atomic mass is 32.1. The molecule has 2 rings (SSSR count). The molecule has 0 amide bonds. The molecule has 0 radical (unpaired) electrons. The summed E-state index contributed by atoms with van der Waals surface area (Å²) in [4.78, 5) is 4.41. The number of aromatic nitrogens is 4. The van der Waals surface area contributed by atoms with Crippen molar-refractivity contribution in [1.29, 1.82) is 0 Å². The average Bonchev–Trinajstić information content (AvgIpc) is 2.79. The van der Waals surface area contributed by atoms with Gasteiger partial charge in [0.1, 0.15) is 10.8 Å². The largest absolute Gasteiger partial charge is 0.389 e. The molecule has 2 heterocycles. The Labute approximate surface area is 109 Å². The van der Waals surface area contributed by atoms with E-state index in [1.165, 1.54) is 0 Å². The van der Waals surface area contributed by atoms with Crippen LogP contribution in [0.25, 0.3) is 0 Å². The van der Waals surface area contributed by atoms with E-state index in [9.17, 15) is 0 Å². The van der Waals surface area contributed by atoms with Crippen LogP contribution < -0.4 is 11.1 Å². The van der Waals surface area contributed by atoms with E-state index in [-0.39, 0.29) is 0 Å². The Balaban J connectivity index is 2.21. The average molecular weight is 266 g/mol. The summed E-state index contributed by atoms with van der Waals surface area (Å²) < 4.78 is 6.70. The van der Waals surface area contributed by atoms with Crippen LogP contribution in [0.15, 0.2) is 4.52 Å². The highest BCUT2D eigenvalue weighted by molar-refractivity contribution is 7.80. The molecule has 0 saturated carbocycles. The maximum atomic E-state index is 5.69. The Morgan fingerprint density at radius 3 is 2.78 bits per heavy atom. The lowest BCUT2D eigenvalue weighted by atomic mass is 10.2. The van der Waals surface area contributed by atoms with Crippen LogP contribution in [0.3, 0.4) is 0 Å². The number of hydrogen-bond acceptors (Lipinski definition) is 6. The van der Waals surface area contributed by atoms with Gasteiger partial charge in [0.25, 0.3) is 0 Å². The van der Waals surface area contributed by atoms with E-state index in [0.717, 1.165) is 17.1 Å². The first-order valence-corrected chi connectivity index (χ1v) is 5.76. The van der Waals surface area contributed by atoms with Gasteiger partial charge in [-0.25, -0.2) is 0 Å². The number of nitrogens with zero attached hydrogens (tertiary/aromatic N) is 4. The number of nitrogens with one attached hydrogen (secondary N) is 1. The summed E-state index contributed by atoms with van der Waals surface area (Å²) in [6.45, 7) is 4.02. The lowest BCUT2D eigenvalue weighted by Gasteiger charge is -2.06. The monoisotopic (exact) mass is 266 g/mol. The summed E-state index contributed by atoms with van der Waals surface area (Å²) in [7, 11) is 1.82. The number of hydrogen-bond donors (Lipinski definition) is 2. The highest BCUT2D eigenvalue weighted by Gasteiger charge is 2.16. The van der Waals surface area contributed by atoms with Gasteiger partial charge < -0.3 is 15.6 Å². The molecule has 2 aromatic heterocycles. The molecule has 0 saturated heterocycles. The summed E-state index contributed by atoms with van der Waals surface area (Å²) >= 11 is 5.02. The van der Waals surface area contributed by atoms with Gasteiger partial charge >= 0.3 is 0 Å². The SMILES string of the molecule is Cc1noc(CNc2c(C(N)=S)c(C)nn2C)n1. The fourth-order valence-electron chi connectivity index (χ4n) is 1.73. The molecule has 7 nitrogen and oxygen atoms in total. The van der Waals surface area contributed by atoms with Crippen molar-refractivity contribution in [3.63, 3.8) is 0 Å². The molecule has 96 valence electrons. The molecule has 0 aliphatic heterocycles. The molecule has 2 aromatic rings. The van der Waals surface area contributed by atoms with Gasteiger partial charge in [0.2, 0.25) is 5.89 Å². The van der Waals surface area contributed by atoms with Crippen LogP contribution in [0, 0.1) is 13.8 Å². The highest BCUT2D eigenvalue weighted by Crippen LogP contribution is 2.19. The summed E-state index contributed by atoms with van der Waals surface area (Å²) in [5.74, 6) is 1.85. The maximum absolute atomic E-state index is 5.69. The molecule has 0 aliphatic rings. The molecule has 18 heavy (non-hydrogen) atoms. The van der Waals surface area contributed by atoms with Crippen molar-refractivity contribution < 1.29 is 4.52 Å². The van der Waals surface area contributed by atoms with Crippen LogP contribution in [-0.4, -0.2) is 24.9 Å². The molecule has 0 aliphatic carbocycles. The molecule has 0 atom stereocenters. The van der Waals surface area contributed by atoms with Crippen LogP contribution in [0.2, 0.25) is 0 Å². The molecule has 0 unspecified atom stereocenters. The number of nitrogens with two attached hydrogens (primary N) is 1. The van der Waals surface area contributed by atoms with E-state index >= 15 is 0 Å². The zero-order valence-corrected chi connectivity index (χ0v) is 11.2. The van der Waals surface area contributed by atoms with Crippen molar-refractivity contribution in [2.45, 2.75) is 20.4 Å². The smallest absolute Gasteiger partial charge is 0.245 e. The second kappa shape index (κ2) is 4.73. The molecule has 8 heteroatoms. The van der Waals surface area contributed by atoms with Gasteiger partial charge in [0.15, 0.2) is 5.82 Å². The van der Waals surface area contributed by atoms with Crippen molar-refractivity contribution in [2.75, 3.05) is 5.32 Å². The third-order valence-electron chi connectivity index (χ3n) is 2.45. The van der Waals surface area contributed by atoms with Crippen molar-refractivity contribution >= 4 is 23.0 Å². The molecular formula is C10H14N6OS. The second-order valence-electron chi connectivity index (χ2n) is 3.89. The standard InChI is InChI=1S/C10H14N6OS/c1-5-8(9(11)18)10(16(3)14-5)12-4-7-13-6(2)15-17-7/h12H,4H2,1-3H3,(H2,11,18). The summed E-state index contributed by atoms with van der Waals surface area (Å²) in [6, 6.07) is 0. The van der Waals surface area contributed by atoms with Crippen LogP contribution in [0.1, 0.15) is 23.0 Å². The van der Waals surface area contributed by atoms with E-state index in [2.05, 4.69) is 20.6 Å². The van der Waals surface area contributed by atoms with Crippen LogP contribution in [-0.2, 0) is 13.6 Å². The fraction of sp³-hybridized carbons (Fsp3) is 0.400. The minimum absolute atomic E-state index is 0.310. The minimum atomic E-state index is 0.310. The Bertz CT molecular complexity index is 587. The predicted molar refractivity (Wildman–Crippen MR) is 70.2 cm³/mol. The first-order valence-electron chi connectivity index (χ1n) is 5.35. The lowest BCUT2D eigenvalue weighted by molar-refractivity contribution is 0.379. The predicted octanol–water partition coefficient (Wildman–Crippen LogP) is 0.666. The molecular weight excluding hydrogens is 252 g/mol. The van der Waals surface area contributed by atoms with Crippen molar-refractivity contribution in [1.82, 2.24) is 19.9 Å². The van der Waals surface area contributed by atoms with Crippen molar-refractivity contribution in [3.05, 3.63) is 23.0 Å². The van der Waals surface area contributed by atoms with Gasteiger partial charge in [-0.2, -0.15) is 10.1 Å². The van der Waals surface area contributed by atoms with Crippen LogP contribution >= 0.6 is 12.2 Å². The Hall–Kier alpha value is -1.96. The minimum Gasteiger partial charge on any atom is -0.389 e. The van der Waals surface area contributed by atoms with Gasteiger partial charge in [-0.1, -0.05) is 17.4 Å². The Kier molecular flexibility index (Phi) is 3.28. The van der Waals surface area contributed by atoms with E-state index in [1.54, 1.807) is 11.6 Å². The third-order valence-corrected chi connectivity index (χ3v) is 2.65. The Morgan fingerprint density at radius 1 is 1.50 bits per heavy atom. The van der Waals surface area contributed by atoms with Crippen LogP contribution in [0.5, 0.6) is 0 Å². The van der Waals surface area contributed by atoms with Gasteiger partial charge in [-0.05, 0) is 13.8 Å². The third kappa shape index (κ3) is 2.33. The van der Waals surface area contributed by atoms with Gasteiger partial charge in [0.05, 0.1) is 17.8 Å². The van der Waals surface area contributed by atoms with Gasteiger partial charge in [0, 0.05) is 7.05 Å². The van der Waals surface area contributed by atoms with Crippen LogP contribution in [0.4, 0.5) is 5.82 Å². The van der Waals surface area contributed by atoms with Gasteiger partial charge in [-0.3, -0.25) is 4.68 Å². The zero-order chi connectivity index (χ0) is 13.3. The first-order chi connectivity index (χ1) is 8.49. The quantitative estimate of drug-likeness (QED) is 0.785. The Morgan fingerprint density at radius 2 is 2.22 bits per heavy atom. The summed E-state index contributed by atoms with van der Waals surface area (Å²) in [5.41, 5.74) is 7.21. The molecule has 0 spiro atoms. The number of thiocarbonyl (C=S) groups is 1. The van der Waals surface area contributed by atoms with E-state index in [1.807, 2.05) is 14.0 Å². The maximum Gasteiger partial charge on any atom is 0.245 e. The lowest BCUT2D eigenvalue weighted by Crippen LogP contribution is -2.14. The summed E-state index contributed by atoms with van der Waals surface area (Å²) in [5, 5.41) is 11.1. The number of aryl methyl sites for hydroxylation is 3. The van der Waals surface area contributed by atoms with E-state index in [4.69, 9.17) is 22.5 Å².